The van der Waals surface area contributed by atoms with Crippen LogP contribution in [0.15, 0.2) is 28.7 Å². The van der Waals surface area contributed by atoms with Crippen LogP contribution in [0.25, 0.3) is 0 Å². The van der Waals surface area contributed by atoms with Gasteiger partial charge in [-0.15, -0.1) is 0 Å². The molecule has 18 heavy (non-hydrogen) atoms. The first-order chi connectivity index (χ1) is 8.35. The first-order valence-electron chi connectivity index (χ1n) is 5.72. The molecule has 0 aromatic heterocycles. The van der Waals surface area contributed by atoms with Crippen molar-refractivity contribution in [2.24, 2.45) is 0 Å². The maximum Gasteiger partial charge on any atom is 0.238 e. The van der Waals surface area contributed by atoms with Crippen molar-refractivity contribution in [1.29, 1.82) is 0 Å². The molecular formula is C13H19BrN2O2. The third kappa shape index (κ3) is 4.40. The summed E-state index contributed by atoms with van der Waals surface area (Å²) in [5, 5.41) is 12.0. The van der Waals surface area contributed by atoms with Crippen LogP contribution in [-0.4, -0.2) is 41.7 Å². The molecule has 1 amide bonds. The maximum atomic E-state index is 11.8. The number of hydrogen-bond donors (Lipinski definition) is 2. The van der Waals surface area contributed by atoms with E-state index in [0.29, 0.717) is 0 Å². The largest absolute Gasteiger partial charge is 0.394 e. The highest BCUT2D eigenvalue weighted by Crippen LogP contribution is 2.16. The van der Waals surface area contributed by atoms with Crippen molar-refractivity contribution in [2.75, 3.05) is 25.5 Å². The van der Waals surface area contributed by atoms with E-state index in [4.69, 9.17) is 0 Å². The summed E-state index contributed by atoms with van der Waals surface area (Å²) in [6.45, 7) is 4.02. The molecule has 0 bridgehead atoms. The lowest BCUT2D eigenvalue weighted by Crippen LogP contribution is -2.47. The molecule has 0 saturated heterocycles. The Balaban J connectivity index is 2.57. The Morgan fingerprint density at radius 1 is 1.50 bits per heavy atom. The van der Waals surface area contributed by atoms with Gasteiger partial charge in [-0.2, -0.15) is 0 Å². The van der Waals surface area contributed by atoms with Gasteiger partial charge in [0.1, 0.15) is 0 Å². The van der Waals surface area contributed by atoms with Crippen molar-refractivity contribution in [3.05, 3.63) is 28.7 Å². The minimum Gasteiger partial charge on any atom is -0.394 e. The van der Waals surface area contributed by atoms with Gasteiger partial charge < -0.3 is 10.4 Å². The van der Waals surface area contributed by atoms with Crippen molar-refractivity contribution >= 4 is 27.5 Å². The quantitative estimate of drug-likeness (QED) is 0.875. The van der Waals surface area contributed by atoms with Gasteiger partial charge >= 0.3 is 0 Å². The molecule has 0 atom stereocenters. The van der Waals surface area contributed by atoms with E-state index in [1.54, 1.807) is 0 Å². The van der Waals surface area contributed by atoms with Gasteiger partial charge in [0, 0.05) is 15.7 Å². The van der Waals surface area contributed by atoms with Crippen molar-refractivity contribution < 1.29 is 9.90 Å². The fourth-order valence-electron chi connectivity index (χ4n) is 1.32. The van der Waals surface area contributed by atoms with Crippen molar-refractivity contribution in [3.8, 4) is 0 Å². The van der Waals surface area contributed by atoms with E-state index in [9.17, 15) is 9.90 Å². The van der Waals surface area contributed by atoms with Gasteiger partial charge in [-0.1, -0.05) is 22.0 Å². The fraction of sp³-hybridized carbons (Fsp3) is 0.462. The van der Waals surface area contributed by atoms with Crippen LogP contribution in [0.2, 0.25) is 0 Å². The van der Waals surface area contributed by atoms with Crippen LogP contribution in [0, 0.1) is 0 Å². The topological polar surface area (TPSA) is 52.6 Å². The summed E-state index contributed by atoms with van der Waals surface area (Å²) in [4.78, 5) is 13.7. The average Bonchev–Trinajstić information content (AvgIpc) is 2.28. The monoisotopic (exact) mass is 314 g/mol. The van der Waals surface area contributed by atoms with E-state index >= 15 is 0 Å². The SMILES string of the molecule is CN(CC(=O)Nc1cccc(Br)c1)C(C)(C)CO. The van der Waals surface area contributed by atoms with Gasteiger partial charge in [0.05, 0.1) is 13.2 Å². The Morgan fingerprint density at radius 3 is 2.72 bits per heavy atom. The van der Waals surface area contributed by atoms with E-state index in [-0.39, 0.29) is 19.1 Å². The number of likely N-dealkylation sites (N-methyl/N-ethyl adjacent to an activating group) is 1. The summed E-state index contributed by atoms with van der Waals surface area (Å²) in [7, 11) is 1.82. The molecule has 100 valence electrons. The number of rotatable bonds is 5. The molecule has 4 nitrogen and oxygen atoms in total. The molecule has 1 rings (SSSR count). The van der Waals surface area contributed by atoms with Gasteiger partial charge in [-0.05, 0) is 39.1 Å². The molecule has 2 N–H and O–H groups in total. The van der Waals surface area contributed by atoms with Gasteiger partial charge in [0.15, 0.2) is 0 Å². The molecule has 0 aliphatic carbocycles. The molecule has 0 aliphatic rings. The zero-order valence-electron chi connectivity index (χ0n) is 10.9. The molecule has 0 heterocycles. The smallest absolute Gasteiger partial charge is 0.238 e. The van der Waals surface area contributed by atoms with E-state index in [2.05, 4.69) is 21.2 Å². The zero-order valence-corrected chi connectivity index (χ0v) is 12.5. The second-order valence-electron chi connectivity index (χ2n) is 4.89. The van der Waals surface area contributed by atoms with Crippen molar-refractivity contribution in [1.82, 2.24) is 4.90 Å². The summed E-state index contributed by atoms with van der Waals surface area (Å²) in [6, 6.07) is 7.44. The second kappa shape index (κ2) is 6.31. The number of amides is 1. The van der Waals surface area contributed by atoms with Crippen LogP contribution < -0.4 is 5.32 Å². The minimum absolute atomic E-state index is 0.00760. The predicted molar refractivity (Wildman–Crippen MR) is 76.6 cm³/mol. The molecule has 0 saturated carbocycles. The number of carbonyl (C=O) groups excluding carboxylic acids is 1. The lowest BCUT2D eigenvalue weighted by atomic mass is 10.1. The number of benzene rings is 1. The van der Waals surface area contributed by atoms with E-state index < -0.39 is 5.54 Å². The number of anilines is 1. The number of hydrogen-bond acceptors (Lipinski definition) is 3. The van der Waals surface area contributed by atoms with Gasteiger partial charge in [-0.25, -0.2) is 0 Å². The highest BCUT2D eigenvalue weighted by atomic mass is 79.9. The first-order valence-corrected chi connectivity index (χ1v) is 6.52. The highest BCUT2D eigenvalue weighted by molar-refractivity contribution is 9.10. The van der Waals surface area contributed by atoms with E-state index in [0.717, 1.165) is 10.2 Å². The number of aliphatic hydroxyl groups is 1. The molecule has 0 spiro atoms. The maximum absolute atomic E-state index is 11.8. The minimum atomic E-state index is -0.408. The number of nitrogens with zero attached hydrogens (tertiary/aromatic N) is 1. The third-order valence-corrected chi connectivity index (χ3v) is 3.40. The zero-order chi connectivity index (χ0) is 13.8. The fourth-order valence-corrected chi connectivity index (χ4v) is 1.72. The van der Waals surface area contributed by atoms with Crippen LogP contribution in [0.1, 0.15) is 13.8 Å². The molecule has 0 radical (unpaired) electrons. The molecule has 0 aliphatic heterocycles. The number of nitrogens with one attached hydrogen (secondary N) is 1. The molecule has 0 fully saturated rings. The Morgan fingerprint density at radius 2 is 2.17 bits per heavy atom. The lowest BCUT2D eigenvalue weighted by Gasteiger charge is -2.33. The Labute approximate surface area is 116 Å². The van der Waals surface area contributed by atoms with Crippen LogP contribution in [0.5, 0.6) is 0 Å². The molecule has 0 unspecified atom stereocenters. The standard InChI is InChI=1S/C13H19BrN2O2/c1-13(2,9-17)16(3)8-12(18)15-11-6-4-5-10(14)7-11/h4-7,17H,8-9H2,1-3H3,(H,15,18). The van der Waals surface area contributed by atoms with Crippen LogP contribution in [0.3, 0.4) is 0 Å². The molecular weight excluding hydrogens is 296 g/mol. The van der Waals surface area contributed by atoms with Crippen LogP contribution in [-0.2, 0) is 4.79 Å². The van der Waals surface area contributed by atoms with E-state index in [1.807, 2.05) is 50.1 Å². The number of aliphatic hydroxyl groups excluding tert-OH is 1. The summed E-state index contributed by atoms with van der Waals surface area (Å²) in [5.41, 5.74) is 0.346. The van der Waals surface area contributed by atoms with Gasteiger partial charge in [-0.3, -0.25) is 9.69 Å². The molecule has 5 heteroatoms. The lowest BCUT2D eigenvalue weighted by molar-refractivity contribution is -0.118. The van der Waals surface area contributed by atoms with Crippen molar-refractivity contribution in [2.45, 2.75) is 19.4 Å². The Bertz CT molecular complexity index is 421. The molecule has 1 aromatic carbocycles. The van der Waals surface area contributed by atoms with Gasteiger partial charge in [0.25, 0.3) is 0 Å². The van der Waals surface area contributed by atoms with Crippen LogP contribution >= 0.6 is 15.9 Å². The summed E-state index contributed by atoms with van der Waals surface area (Å²) < 4.78 is 0.921. The van der Waals surface area contributed by atoms with Crippen molar-refractivity contribution in [3.63, 3.8) is 0 Å². The Hall–Kier alpha value is -0.910. The normalized spacial score (nSPS) is 11.7. The number of halogens is 1. The second-order valence-corrected chi connectivity index (χ2v) is 5.80. The summed E-state index contributed by atoms with van der Waals surface area (Å²) in [6.07, 6.45) is 0. The molecule has 1 aromatic rings. The first kappa shape index (κ1) is 15.1. The van der Waals surface area contributed by atoms with Gasteiger partial charge in [0.2, 0.25) is 5.91 Å². The summed E-state index contributed by atoms with van der Waals surface area (Å²) >= 11 is 3.35. The predicted octanol–water partition coefficient (Wildman–Crippen LogP) is 2.09. The highest BCUT2D eigenvalue weighted by Gasteiger charge is 2.24. The third-order valence-electron chi connectivity index (χ3n) is 2.91. The number of carbonyl (C=O) groups is 1. The Kier molecular flexibility index (Phi) is 5.31. The summed E-state index contributed by atoms with van der Waals surface area (Å²) in [5.74, 6) is -0.0999. The van der Waals surface area contributed by atoms with Crippen LogP contribution in [0.4, 0.5) is 5.69 Å². The average molecular weight is 315 g/mol. The van der Waals surface area contributed by atoms with E-state index in [1.165, 1.54) is 0 Å².